The van der Waals surface area contributed by atoms with Crippen molar-refractivity contribution in [2.75, 3.05) is 18.1 Å². The van der Waals surface area contributed by atoms with E-state index in [2.05, 4.69) is 25.2 Å². The van der Waals surface area contributed by atoms with Gasteiger partial charge in [-0.15, -0.1) is 0 Å². The van der Waals surface area contributed by atoms with E-state index in [0.717, 1.165) is 6.54 Å². The Hall–Kier alpha value is -0.200. The Morgan fingerprint density at radius 1 is 1.62 bits per heavy atom. The minimum absolute atomic E-state index is 0.403. The summed E-state index contributed by atoms with van der Waals surface area (Å²) in [6.45, 7) is 5.47. The number of nitrogens with zero attached hydrogens (tertiary/aromatic N) is 1. The average Bonchev–Trinajstić information content (AvgIpc) is 2.08. The van der Waals surface area contributed by atoms with Crippen molar-refractivity contribution in [1.29, 1.82) is 5.26 Å². The molecule has 3 heteroatoms. The summed E-state index contributed by atoms with van der Waals surface area (Å²) in [4.78, 5) is 0. The Balaban J connectivity index is 2.34. The molecule has 1 unspecified atom stereocenters. The first-order chi connectivity index (χ1) is 6.17. The molecule has 1 saturated heterocycles. The van der Waals surface area contributed by atoms with Gasteiger partial charge in [0.05, 0.1) is 6.07 Å². The second-order valence-electron chi connectivity index (χ2n) is 4.23. The van der Waals surface area contributed by atoms with Gasteiger partial charge in [0.2, 0.25) is 0 Å². The van der Waals surface area contributed by atoms with E-state index in [9.17, 15) is 0 Å². The molecule has 0 aliphatic carbocycles. The third kappa shape index (κ3) is 3.21. The van der Waals surface area contributed by atoms with E-state index in [1.165, 1.54) is 17.9 Å². The summed E-state index contributed by atoms with van der Waals surface area (Å²) in [6, 6.07) is 2.75. The Kier molecular flexibility index (Phi) is 4.08. The lowest BCUT2D eigenvalue weighted by molar-refractivity contribution is 0.248. The van der Waals surface area contributed by atoms with Crippen LogP contribution in [0.15, 0.2) is 0 Å². The van der Waals surface area contributed by atoms with Gasteiger partial charge in [0.25, 0.3) is 0 Å². The molecule has 2 nitrogen and oxygen atoms in total. The van der Waals surface area contributed by atoms with Crippen LogP contribution in [0.2, 0.25) is 0 Å². The predicted octanol–water partition coefficient (Wildman–Crippen LogP) is 2.02. The van der Waals surface area contributed by atoms with Crippen molar-refractivity contribution in [3.8, 4) is 6.07 Å². The van der Waals surface area contributed by atoms with Gasteiger partial charge in [-0.25, -0.2) is 0 Å². The average molecular weight is 198 g/mol. The van der Waals surface area contributed by atoms with Gasteiger partial charge in [0.15, 0.2) is 0 Å². The van der Waals surface area contributed by atoms with Gasteiger partial charge in [0.1, 0.15) is 0 Å². The molecule has 0 amide bonds. The van der Waals surface area contributed by atoms with Crippen molar-refractivity contribution < 1.29 is 0 Å². The van der Waals surface area contributed by atoms with Gasteiger partial charge >= 0.3 is 0 Å². The predicted molar refractivity (Wildman–Crippen MR) is 57.7 cm³/mol. The van der Waals surface area contributed by atoms with Gasteiger partial charge in [-0.05, 0) is 17.6 Å². The maximum Gasteiger partial charge on any atom is 0.0635 e. The summed E-state index contributed by atoms with van der Waals surface area (Å²) in [5.41, 5.74) is 0.403. The molecule has 1 N–H and O–H groups in total. The van der Waals surface area contributed by atoms with Crippen LogP contribution in [0.4, 0.5) is 0 Å². The lowest BCUT2D eigenvalue weighted by atomic mass is 9.82. The minimum atomic E-state index is 0.403. The summed E-state index contributed by atoms with van der Waals surface area (Å²) in [7, 11) is 0. The van der Waals surface area contributed by atoms with Crippen molar-refractivity contribution in [3.05, 3.63) is 0 Å². The number of hydrogen-bond donors (Lipinski definition) is 1. The maximum absolute atomic E-state index is 8.43. The normalized spacial score (nSPS) is 26.7. The third-order valence-electron chi connectivity index (χ3n) is 2.75. The number of nitrogens with one attached hydrogen (secondary N) is 1. The zero-order valence-corrected chi connectivity index (χ0v) is 9.28. The zero-order valence-electron chi connectivity index (χ0n) is 8.47. The monoisotopic (exact) mass is 198 g/mol. The lowest BCUT2D eigenvalue weighted by Crippen LogP contribution is -2.46. The van der Waals surface area contributed by atoms with Gasteiger partial charge in [-0.1, -0.05) is 13.8 Å². The second kappa shape index (κ2) is 4.88. The highest BCUT2D eigenvalue weighted by Crippen LogP contribution is 2.33. The molecule has 13 heavy (non-hydrogen) atoms. The van der Waals surface area contributed by atoms with Crippen molar-refractivity contribution in [2.24, 2.45) is 5.41 Å². The molecule has 74 valence electrons. The van der Waals surface area contributed by atoms with E-state index < -0.39 is 0 Å². The number of thioether (sulfide) groups is 1. The van der Waals surface area contributed by atoms with Crippen LogP contribution >= 0.6 is 11.8 Å². The fraction of sp³-hybridized carbons (Fsp3) is 0.900. The molecular formula is C10H18N2S. The molecular weight excluding hydrogens is 180 g/mol. The van der Waals surface area contributed by atoms with E-state index in [0.29, 0.717) is 17.9 Å². The molecule has 0 aromatic rings. The molecule has 0 spiro atoms. The molecule has 0 saturated carbocycles. The van der Waals surface area contributed by atoms with E-state index in [-0.39, 0.29) is 0 Å². The second-order valence-corrected chi connectivity index (χ2v) is 5.38. The molecule has 0 aromatic carbocycles. The fourth-order valence-corrected chi connectivity index (χ4v) is 3.22. The summed E-state index contributed by atoms with van der Waals surface area (Å²) < 4.78 is 0. The number of nitriles is 1. The van der Waals surface area contributed by atoms with Gasteiger partial charge in [-0.2, -0.15) is 17.0 Å². The smallest absolute Gasteiger partial charge is 0.0635 e. The highest BCUT2D eigenvalue weighted by Gasteiger charge is 2.31. The van der Waals surface area contributed by atoms with Crippen LogP contribution in [0.5, 0.6) is 0 Å². The van der Waals surface area contributed by atoms with Gasteiger partial charge in [0, 0.05) is 24.8 Å². The molecule has 1 rings (SSSR count). The molecule has 0 bridgehead atoms. The number of rotatable bonds is 3. The zero-order chi connectivity index (χ0) is 9.73. The fourth-order valence-electron chi connectivity index (χ4n) is 1.57. The Morgan fingerprint density at radius 3 is 3.00 bits per heavy atom. The van der Waals surface area contributed by atoms with Crippen LogP contribution in [0.3, 0.4) is 0 Å². The highest BCUT2D eigenvalue weighted by molar-refractivity contribution is 7.99. The van der Waals surface area contributed by atoms with Crippen LogP contribution < -0.4 is 5.32 Å². The molecule has 1 atom stereocenters. The van der Waals surface area contributed by atoms with E-state index in [1.54, 1.807) is 0 Å². The third-order valence-corrected chi connectivity index (χ3v) is 3.81. The molecule has 1 fully saturated rings. The van der Waals surface area contributed by atoms with Crippen LogP contribution in [-0.2, 0) is 0 Å². The maximum atomic E-state index is 8.43. The van der Waals surface area contributed by atoms with Crippen LogP contribution in [0.25, 0.3) is 0 Å². The van der Waals surface area contributed by atoms with Crippen molar-refractivity contribution in [3.63, 3.8) is 0 Å². The Morgan fingerprint density at radius 2 is 2.38 bits per heavy atom. The SMILES string of the molecule is CC1(C)CCSCC1NCCC#N. The van der Waals surface area contributed by atoms with E-state index in [1.807, 2.05) is 11.8 Å². The number of hydrogen-bond acceptors (Lipinski definition) is 3. The first-order valence-corrected chi connectivity index (χ1v) is 6.00. The summed E-state index contributed by atoms with van der Waals surface area (Å²) in [6.07, 6.45) is 1.90. The highest BCUT2D eigenvalue weighted by atomic mass is 32.2. The summed E-state index contributed by atoms with van der Waals surface area (Å²) >= 11 is 2.02. The summed E-state index contributed by atoms with van der Waals surface area (Å²) in [5, 5.41) is 11.9. The summed E-state index contributed by atoms with van der Waals surface area (Å²) in [5.74, 6) is 2.47. The van der Waals surface area contributed by atoms with Crippen LogP contribution in [0.1, 0.15) is 26.7 Å². The van der Waals surface area contributed by atoms with Crippen molar-refractivity contribution >= 4 is 11.8 Å². The van der Waals surface area contributed by atoms with Crippen LogP contribution in [0, 0.1) is 16.7 Å². The molecule has 1 aliphatic rings. The molecule has 0 aromatic heterocycles. The first-order valence-electron chi connectivity index (χ1n) is 4.85. The van der Waals surface area contributed by atoms with Crippen LogP contribution in [-0.4, -0.2) is 24.1 Å². The molecule has 1 heterocycles. The minimum Gasteiger partial charge on any atom is -0.312 e. The van der Waals surface area contributed by atoms with Crippen molar-refractivity contribution in [1.82, 2.24) is 5.32 Å². The standard InChI is InChI=1S/C10H18N2S/c1-10(2)4-7-13-8-9(10)12-6-3-5-11/h9,12H,3-4,6-8H2,1-2H3. The van der Waals surface area contributed by atoms with Gasteiger partial charge < -0.3 is 5.32 Å². The van der Waals surface area contributed by atoms with E-state index >= 15 is 0 Å². The van der Waals surface area contributed by atoms with Gasteiger partial charge in [-0.3, -0.25) is 0 Å². The molecule has 0 radical (unpaired) electrons. The molecule has 1 aliphatic heterocycles. The Labute approximate surface area is 85.1 Å². The largest absolute Gasteiger partial charge is 0.312 e. The quantitative estimate of drug-likeness (QED) is 0.705. The van der Waals surface area contributed by atoms with E-state index in [4.69, 9.17) is 5.26 Å². The topological polar surface area (TPSA) is 35.8 Å². The van der Waals surface area contributed by atoms with Crippen molar-refractivity contribution in [2.45, 2.75) is 32.7 Å². The first kappa shape index (κ1) is 10.9. The lowest BCUT2D eigenvalue weighted by Gasteiger charge is -2.38. The Bertz CT molecular complexity index is 196.